The molecule has 0 aliphatic rings. The van der Waals surface area contributed by atoms with Crippen LogP contribution in [0, 0.1) is 0 Å². The first-order valence-corrected chi connectivity index (χ1v) is 9.78. The quantitative estimate of drug-likeness (QED) is 0.401. The van der Waals surface area contributed by atoms with Gasteiger partial charge in [-0.2, -0.15) is 5.10 Å². The predicted molar refractivity (Wildman–Crippen MR) is 120 cm³/mol. The molecular weight excluding hydrogens is 372 g/mol. The van der Waals surface area contributed by atoms with Gasteiger partial charge < -0.3 is 0 Å². The van der Waals surface area contributed by atoms with Gasteiger partial charge in [-0.05, 0) is 22.9 Å². The highest BCUT2D eigenvalue weighted by Crippen LogP contribution is 2.24. The lowest BCUT2D eigenvalue weighted by atomic mass is 10.0. The van der Waals surface area contributed by atoms with Crippen molar-refractivity contribution >= 4 is 27.3 Å². The maximum absolute atomic E-state index is 13.0. The summed E-state index contributed by atoms with van der Waals surface area (Å²) in [4.78, 5) is 26.0. The van der Waals surface area contributed by atoms with Crippen molar-refractivity contribution in [2.45, 2.75) is 6.54 Å². The molecule has 4 aromatic carbocycles. The summed E-state index contributed by atoms with van der Waals surface area (Å²) in [5.41, 5.74) is 1.90. The van der Waals surface area contributed by atoms with Crippen LogP contribution in [-0.4, -0.2) is 15.6 Å². The molecule has 0 radical (unpaired) electrons. The Hall–Kier alpha value is -4.05. The van der Waals surface area contributed by atoms with Gasteiger partial charge in [0.15, 0.2) is 5.78 Å². The molecule has 0 aliphatic carbocycles. The number of carbonyl (C=O) groups is 1. The first kappa shape index (κ1) is 18.0. The standard InChI is InChI=1S/C26H18N2O2/c29-24(21-15-14-18-8-4-5-11-20(18)16-21)17-28-26(30)23-13-7-6-12-22(23)25(27-28)19-9-2-1-3-10-19/h1-16H,17H2. The number of carbonyl (C=O) groups excluding carboxylic acids is 1. The van der Waals surface area contributed by atoms with Gasteiger partial charge in [0.2, 0.25) is 0 Å². The van der Waals surface area contributed by atoms with Crippen molar-refractivity contribution in [1.82, 2.24) is 9.78 Å². The minimum Gasteiger partial charge on any atom is -0.292 e. The number of fused-ring (bicyclic) bond motifs is 2. The van der Waals surface area contributed by atoms with E-state index < -0.39 is 0 Å². The zero-order valence-corrected chi connectivity index (χ0v) is 16.2. The van der Waals surface area contributed by atoms with E-state index in [1.807, 2.05) is 84.9 Å². The Morgan fingerprint density at radius 3 is 2.20 bits per heavy atom. The summed E-state index contributed by atoms with van der Waals surface area (Å²) in [6, 6.07) is 30.6. The molecular formula is C26H18N2O2. The number of nitrogens with zero attached hydrogens (tertiary/aromatic N) is 2. The fourth-order valence-corrected chi connectivity index (χ4v) is 3.74. The number of ketones is 1. The van der Waals surface area contributed by atoms with Crippen molar-refractivity contribution in [2.24, 2.45) is 0 Å². The maximum Gasteiger partial charge on any atom is 0.275 e. The van der Waals surface area contributed by atoms with Crippen LogP contribution >= 0.6 is 0 Å². The highest BCUT2D eigenvalue weighted by Gasteiger charge is 2.15. The third-order valence-corrected chi connectivity index (χ3v) is 5.28. The van der Waals surface area contributed by atoms with Crippen LogP contribution in [0.4, 0.5) is 0 Å². The van der Waals surface area contributed by atoms with Crippen molar-refractivity contribution in [3.63, 3.8) is 0 Å². The summed E-state index contributed by atoms with van der Waals surface area (Å²) in [6.45, 7) is -0.109. The SMILES string of the molecule is O=C(Cn1nc(-c2ccccc2)c2ccccc2c1=O)c1ccc2ccccc2c1. The average molecular weight is 390 g/mol. The van der Waals surface area contributed by atoms with E-state index in [1.54, 1.807) is 12.1 Å². The van der Waals surface area contributed by atoms with Gasteiger partial charge >= 0.3 is 0 Å². The number of Topliss-reactive ketones (excluding diaryl/α,β-unsaturated/α-hetero) is 1. The Kier molecular flexibility index (Phi) is 4.45. The Balaban J connectivity index is 1.61. The minimum absolute atomic E-state index is 0.109. The maximum atomic E-state index is 13.0. The van der Waals surface area contributed by atoms with Gasteiger partial charge in [-0.1, -0.05) is 84.9 Å². The molecule has 1 aromatic heterocycles. The fourth-order valence-electron chi connectivity index (χ4n) is 3.74. The van der Waals surface area contributed by atoms with Crippen LogP contribution in [0.15, 0.2) is 102 Å². The molecule has 144 valence electrons. The van der Waals surface area contributed by atoms with Crippen LogP contribution in [0.1, 0.15) is 10.4 Å². The van der Waals surface area contributed by atoms with Crippen LogP contribution in [0.25, 0.3) is 32.8 Å². The van der Waals surface area contributed by atoms with Crippen molar-refractivity contribution in [3.8, 4) is 11.3 Å². The zero-order chi connectivity index (χ0) is 20.5. The summed E-state index contributed by atoms with van der Waals surface area (Å²) in [5.74, 6) is -0.148. The summed E-state index contributed by atoms with van der Waals surface area (Å²) in [5, 5.41) is 7.98. The molecule has 0 spiro atoms. The predicted octanol–water partition coefficient (Wildman–Crippen LogP) is 5.10. The lowest BCUT2D eigenvalue weighted by Gasteiger charge is -2.11. The van der Waals surface area contributed by atoms with Gasteiger partial charge in [0, 0.05) is 16.5 Å². The van der Waals surface area contributed by atoms with Crippen molar-refractivity contribution in [2.75, 3.05) is 0 Å². The molecule has 0 N–H and O–H groups in total. The second-order valence-corrected chi connectivity index (χ2v) is 7.21. The zero-order valence-electron chi connectivity index (χ0n) is 16.2. The molecule has 0 saturated carbocycles. The third-order valence-electron chi connectivity index (χ3n) is 5.28. The molecule has 5 rings (SSSR count). The molecule has 30 heavy (non-hydrogen) atoms. The van der Waals surface area contributed by atoms with Crippen LogP contribution in [0.5, 0.6) is 0 Å². The van der Waals surface area contributed by atoms with Crippen LogP contribution in [0.2, 0.25) is 0 Å². The van der Waals surface area contributed by atoms with E-state index in [9.17, 15) is 9.59 Å². The second-order valence-electron chi connectivity index (χ2n) is 7.21. The minimum atomic E-state index is -0.264. The number of rotatable bonds is 4. The molecule has 0 amide bonds. The van der Waals surface area contributed by atoms with E-state index in [1.165, 1.54) is 4.68 Å². The lowest BCUT2D eigenvalue weighted by molar-refractivity contribution is 0.0966. The first-order valence-electron chi connectivity index (χ1n) is 9.78. The molecule has 5 aromatic rings. The Bertz CT molecular complexity index is 1450. The van der Waals surface area contributed by atoms with Crippen LogP contribution < -0.4 is 5.56 Å². The summed E-state index contributed by atoms with van der Waals surface area (Å²) in [7, 11) is 0. The van der Waals surface area contributed by atoms with E-state index in [4.69, 9.17) is 0 Å². The number of hydrogen-bond acceptors (Lipinski definition) is 3. The van der Waals surface area contributed by atoms with Gasteiger partial charge in [-0.15, -0.1) is 0 Å². The van der Waals surface area contributed by atoms with Gasteiger partial charge in [-0.25, -0.2) is 4.68 Å². The van der Waals surface area contributed by atoms with E-state index >= 15 is 0 Å². The molecule has 0 saturated heterocycles. The van der Waals surface area contributed by atoms with E-state index in [-0.39, 0.29) is 17.9 Å². The molecule has 4 nitrogen and oxygen atoms in total. The Morgan fingerprint density at radius 2 is 1.40 bits per heavy atom. The number of benzene rings is 4. The second kappa shape index (κ2) is 7.41. The largest absolute Gasteiger partial charge is 0.292 e. The highest BCUT2D eigenvalue weighted by molar-refractivity contribution is 6.00. The van der Waals surface area contributed by atoms with Crippen LogP contribution in [-0.2, 0) is 6.54 Å². The van der Waals surface area contributed by atoms with Gasteiger partial charge in [0.05, 0.1) is 11.1 Å². The first-order chi connectivity index (χ1) is 14.7. The Labute approximate surface area is 173 Å². The molecule has 0 fully saturated rings. The Morgan fingerprint density at radius 1 is 0.733 bits per heavy atom. The smallest absolute Gasteiger partial charge is 0.275 e. The van der Waals surface area contributed by atoms with Crippen molar-refractivity contribution < 1.29 is 4.79 Å². The molecule has 4 heteroatoms. The van der Waals surface area contributed by atoms with Crippen molar-refractivity contribution in [1.29, 1.82) is 0 Å². The third kappa shape index (κ3) is 3.18. The van der Waals surface area contributed by atoms with E-state index in [0.717, 1.165) is 21.7 Å². The monoisotopic (exact) mass is 390 g/mol. The summed E-state index contributed by atoms with van der Waals surface area (Å²) >= 11 is 0. The molecule has 1 heterocycles. The normalized spacial score (nSPS) is 11.1. The number of hydrogen-bond donors (Lipinski definition) is 0. The summed E-state index contributed by atoms with van der Waals surface area (Å²) < 4.78 is 1.28. The van der Waals surface area contributed by atoms with Gasteiger partial charge in [0.1, 0.15) is 6.54 Å². The molecule has 0 unspecified atom stereocenters. The topological polar surface area (TPSA) is 52.0 Å². The average Bonchev–Trinajstić information content (AvgIpc) is 2.81. The van der Waals surface area contributed by atoms with Crippen molar-refractivity contribution in [3.05, 3.63) is 113 Å². The van der Waals surface area contributed by atoms with Gasteiger partial charge in [0.25, 0.3) is 5.56 Å². The van der Waals surface area contributed by atoms with Gasteiger partial charge in [-0.3, -0.25) is 9.59 Å². The molecule has 0 bridgehead atoms. The van der Waals surface area contributed by atoms with E-state index in [2.05, 4.69) is 5.10 Å². The highest BCUT2D eigenvalue weighted by atomic mass is 16.1. The fraction of sp³-hybridized carbons (Fsp3) is 0.0385. The molecule has 0 aliphatic heterocycles. The number of aromatic nitrogens is 2. The van der Waals surface area contributed by atoms with Crippen LogP contribution in [0.3, 0.4) is 0 Å². The summed E-state index contributed by atoms with van der Waals surface area (Å²) in [6.07, 6.45) is 0. The molecule has 0 atom stereocenters. The lowest BCUT2D eigenvalue weighted by Crippen LogP contribution is -2.27. The van der Waals surface area contributed by atoms with E-state index in [0.29, 0.717) is 16.6 Å².